The van der Waals surface area contributed by atoms with E-state index < -0.39 is 0 Å². The molecule has 0 saturated carbocycles. The van der Waals surface area contributed by atoms with Crippen molar-refractivity contribution in [3.05, 3.63) is 63.1 Å². The molecule has 0 aromatic heterocycles. The highest BCUT2D eigenvalue weighted by molar-refractivity contribution is 6.34. The standard InChI is InChI=1S/C15H12Cl3NO2/c16-11-3-1-10(2-4-11)8-19-15(20)9-21-14-6-12(17)5-13(18)7-14/h1-7H,8-9H2,(H,19,20). The van der Waals surface area contributed by atoms with Gasteiger partial charge >= 0.3 is 0 Å². The first-order valence-corrected chi connectivity index (χ1v) is 7.26. The van der Waals surface area contributed by atoms with Crippen LogP contribution in [0, 0.1) is 0 Å². The topological polar surface area (TPSA) is 38.3 Å². The molecule has 0 spiro atoms. The van der Waals surface area contributed by atoms with Crippen molar-refractivity contribution in [3.8, 4) is 5.75 Å². The summed E-state index contributed by atoms with van der Waals surface area (Å²) in [7, 11) is 0. The van der Waals surface area contributed by atoms with Crippen LogP contribution in [0.3, 0.4) is 0 Å². The zero-order valence-corrected chi connectivity index (χ0v) is 13.2. The average Bonchev–Trinajstić information content (AvgIpc) is 2.43. The Bertz CT molecular complexity index is 609. The second kappa shape index (κ2) is 7.55. The van der Waals surface area contributed by atoms with E-state index in [-0.39, 0.29) is 12.5 Å². The smallest absolute Gasteiger partial charge is 0.258 e. The largest absolute Gasteiger partial charge is 0.484 e. The van der Waals surface area contributed by atoms with Gasteiger partial charge in [-0.25, -0.2) is 0 Å². The van der Waals surface area contributed by atoms with Crippen LogP contribution in [-0.2, 0) is 11.3 Å². The maximum atomic E-state index is 11.7. The van der Waals surface area contributed by atoms with E-state index in [1.807, 2.05) is 12.1 Å². The lowest BCUT2D eigenvalue weighted by atomic mass is 10.2. The summed E-state index contributed by atoms with van der Waals surface area (Å²) in [5.74, 6) is 0.218. The van der Waals surface area contributed by atoms with Gasteiger partial charge in [0.25, 0.3) is 5.91 Å². The third kappa shape index (κ3) is 5.46. The molecule has 0 radical (unpaired) electrons. The molecule has 0 bridgehead atoms. The first kappa shape index (κ1) is 16.0. The van der Waals surface area contributed by atoms with E-state index >= 15 is 0 Å². The van der Waals surface area contributed by atoms with Gasteiger partial charge in [0, 0.05) is 21.6 Å². The fourth-order valence-electron chi connectivity index (χ4n) is 1.61. The second-order valence-corrected chi connectivity index (χ2v) is 5.61. The fraction of sp³-hybridized carbons (Fsp3) is 0.133. The van der Waals surface area contributed by atoms with E-state index in [1.54, 1.807) is 30.3 Å². The van der Waals surface area contributed by atoms with Crippen LogP contribution in [0.2, 0.25) is 15.1 Å². The molecule has 2 aromatic rings. The zero-order valence-electron chi connectivity index (χ0n) is 10.9. The average molecular weight is 345 g/mol. The number of rotatable bonds is 5. The molecule has 0 heterocycles. The normalized spacial score (nSPS) is 10.2. The fourth-order valence-corrected chi connectivity index (χ4v) is 2.25. The van der Waals surface area contributed by atoms with Crippen LogP contribution in [0.15, 0.2) is 42.5 Å². The van der Waals surface area contributed by atoms with Crippen LogP contribution >= 0.6 is 34.8 Å². The lowest BCUT2D eigenvalue weighted by Crippen LogP contribution is -2.28. The number of ether oxygens (including phenoxy) is 1. The monoisotopic (exact) mass is 343 g/mol. The minimum atomic E-state index is -0.235. The Morgan fingerprint density at radius 2 is 1.57 bits per heavy atom. The summed E-state index contributed by atoms with van der Waals surface area (Å²) in [5, 5.41) is 4.32. The molecule has 0 unspecified atom stereocenters. The molecule has 0 atom stereocenters. The van der Waals surface area contributed by atoms with Crippen molar-refractivity contribution in [2.75, 3.05) is 6.61 Å². The number of halogens is 3. The number of carbonyl (C=O) groups excluding carboxylic acids is 1. The van der Waals surface area contributed by atoms with Crippen molar-refractivity contribution >= 4 is 40.7 Å². The van der Waals surface area contributed by atoms with Gasteiger partial charge in [-0.3, -0.25) is 4.79 Å². The van der Waals surface area contributed by atoms with Gasteiger partial charge in [0.2, 0.25) is 0 Å². The first-order valence-electron chi connectivity index (χ1n) is 6.13. The number of hydrogen-bond acceptors (Lipinski definition) is 2. The van der Waals surface area contributed by atoms with E-state index in [4.69, 9.17) is 39.5 Å². The lowest BCUT2D eigenvalue weighted by molar-refractivity contribution is -0.123. The van der Waals surface area contributed by atoms with Crippen molar-refractivity contribution in [2.24, 2.45) is 0 Å². The molecule has 2 rings (SSSR count). The molecule has 110 valence electrons. The summed E-state index contributed by atoms with van der Waals surface area (Å²) in [6, 6.07) is 12.0. The minimum Gasteiger partial charge on any atom is -0.484 e. The maximum Gasteiger partial charge on any atom is 0.258 e. The molecule has 1 amide bonds. The number of amides is 1. The van der Waals surface area contributed by atoms with Crippen LogP contribution in [0.25, 0.3) is 0 Å². The number of carbonyl (C=O) groups is 1. The van der Waals surface area contributed by atoms with Gasteiger partial charge in [0.05, 0.1) is 0 Å². The van der Waals surface area contributed by atoms with Gasteiger partial charge in [-0.1, -0.05) is 46.9 Å². The SMILES string of the molecule is O=C(COc1cc(Cl)cc(Cl)c1)NCc1ccc(Cl)cc1. The molecule has 2 aromatic carbocycles. The van der Waals surface area contributed by atoms with Crippen LogP contribution in [0.5, 0.6) is 5.75 Å². The molecule has 6 heteroatoms. The van der Waals surface area contributed by atoms with E-state index in [0.717, 1.165) is 5.56 Å². The Morgan fingerprint density at radius 1 is 0.952 bits per heavy atom. The zero-order chi connectivity index (χ0) is 15.2. The van der Waals surface area contributed by atoms with Crippen molar-refractivity contribution < 1.29 is 9.53 Å². The summed E-state index contributed by atoms with van der Waals surface area (Å²) in [5.41, 5.74) is 0.957. The highest BCUT2D eigenvalue weighted by Crippen LogP contribution is 2.24. The maximum absolute atomic E-state index is 11.7. The molecule has 0 fully saturated rings. The van der Waals surface area contributed by atoms with E-state index in [2.05, 4.69) is 5.32 Å². The number of hydrogen-bond donors (Lipinski definition) is 1. The van der Waals surface area contributed by atoms with Crippen molar-refractivity contribution in [1.29, 1.82) is 0 Å². The van der Waals surface area contributed by atoms with Gasteiger partial charge in [0.1, 0.15) is 5.75 Å². The van der Waals surface area contributed by atoms with Gasteiger partial charge < -0.3 is 10.1 Å². The predicted molar refractivity (Wildman–Crippen MR) is 85.3 cm³/mol. The van der Waals surface area contributed by atoms with Gasteiger partial charge in [0.15, 0.2) is 6.61 Å². The summed E-state index contributed by atoms with van der Waals surface area (Å²) in [6.45, 7) is 0.305. The summed E-state index contributed by atoms with van der Waals surface area (Å²) >= 11 is 17.5. The van der Waals surface area contributed by atoms with Crippen LogP contribution in [-0.4, -0.2) is 12.5 Å². The molecule has 0 saturated heterocycles. The van der Waals surface area contributed by atoms with Gasteiger partial charge in [-0.15, -0.1) is 0 Å². The Hall–Kier alpha value is -1.42. The molecule has 1 N–H and O–H groups in total. The van der Waals surface area contributed by atoms with E-state index in [1.165, 1.54) is 0 Å². The first-order chi connectivity index (χ1) is 10.0. The van der Waals surface area contributed by atoms with Crippen LogP contribution < -0.4 is 10.1 Å². The number of benzene rings is 2. The molecule has 3 nitrogen and oxygen atoms in total. The van der Waals surface area contributed by atoms with Gasteiger partial charge in [-0.2, -0.15) is 0 Å². The molecular formula is C15H12Cl3NO2. The molecule has 0 aliphatic heterocycles. The van der Waals surface area contributed by atoms with Crippen LogP contribution in [0.1, 0.15) is 5.56 Å². The summed E-state index contributed by atoms with van der Waals surface area (Å²) in [4.78, 5) is 11.7. The molecule has 21 heavy (non-hydrogen) atoms. The second-order valence-electron chi connectivity index (χ2n) is 4.30. The Kier molecular flexibility index (Phi) is 5.74. The third-order valence-corrected chi connectivity index (χ3v) is 3.30. The lowest BCUT2D eigenvalue weighted by Gasteiger charge is -2.08. The summed E-state index contributed by atoms with van der Waals surface area (Å²) in [6.07, 6.45) is 0. The molecule has 0 aliphatic rings. The Balaban J connectivity index is 1.80. The van der Waals surface area contributed by atoms with Crippen LogP contribution in [0.4, 0.5) is 0 Å². The number of nitrogens with one attached hydrogen (secondary N) is 1. The van der Waals surface area contributed by atoms with Gasteiger partial charge in [-0.05, 0) is 35.9 Å². The van der Waals surface area contributed by atoms with Crippen molar-refractivity contribution in [2.45, 2.75) is 6.54 Å². The molecule has 0 aliphatic carbocycles. The van der Waals surface area contributed by atoms with Crippen molar-refractivity contribution in [3.63, 3.8) is 0 Å². The quantitative estimate of drug-likeness (QED) is 0.876. The minimum absolute atomic E-state index is 0.107. The summed E-state index contributed by atoms with van der Waals surface area (Å²) < 4.78 is 5.33. The third-order valence-electron chi connectivity index (χ3n) is 2.61. The van der Waals surface area contributed by atoms with E-state index in [0.29, 0.717) is 27.4 Å². The highest BCUT2D eigenvalue weighted by atomic mass is 35.5. The van der Waals surface area contributed by atoms with Crippen molar-refractivity contribution in [1.82, 2.24) is 5.32 Å². The van der Waals surface area contributed by atoms with E-state index in [9.17, 15) is 4.79 Å². The Morgan fingerprint density at radius 3 is 2.19 bits per heavy atom. The molecular weight excluding hydrogens is 333 g/mol. The highest BCUT2D eigenvalue weighted by Gasteiger charge is 2.04. The Labute approximate surface area is 137 Å². The predicted octanol–water partition coefficient (Wildman–Crippen LogP) is 4.34.